The van der Waals surface area contributed by atoms with Crippen LogP contribution < -0.4 is 4.74 Å². The van der Waals surface area contributed by atoms with Gasteiger partial charge in [-0.05, 0) is 61.5 Å². The second-order valence-electron chi connectivity index (χ2n) is 7.39. The van der Waals surface area contributed by atoms with Crippen molar-refractivity contribution in [1.29, 1.82) is 0 Å². The van der Waals surface area contributed by atoms with Crippen molar-refractivity contribution in [3.8, 4) is 5.75 Å². The first kappa shape index (κ1) is 21.7. The molecule has 2 aromatic rings. The van der Waals surface area contributed by atoms with Crippen LogP contribution in [-0.4, -0.2) is 47.4 Å². The Balaban J connectivity index is 1.77. The number of hydrogen-bond donors (Lipinski definition) is 0. The Morgan fingerprint density at radius 3 is 2.66 bits per heavy atom. The lowest BCUT2D eigenvalue weighted by Gasteiger charge is -2.37. The van der Waals surface area contributed by atoms with Crippen molar-refractivity contribution in [1.82, 2.24) is 9.80 Å². The van der Waals surface area contributed by atoms with E-state index in [1.54, 1.807) is 28.4 Å². The minimum atomic E-state index is -0.168. The lowest BCUT2D eigenvalue weighted by molar-refractivity contribution is -0.144. The standard InChI is InChI=1S/C22H27ClN2O3S/c1-4-21(26)25(15(2)3)13-22(27)24-11-9-20-18(10-12-29-20)19(24)14-28-17-7-5-16(23)6-8-17/h5-8,10,12,15,19H,4,9,11,13-14H2,1-3H3. The SMILES string of the molecule is CCC(=O)N(CC(=O)N1CCc2sccc2C1COc1ccc(Cl)cc1)C(C)C. The number of ether oxygens (including phenoxy) is 1. The van der Waals surface area contributed by atoms with Crippen LogP contribution in [0.1, 0.15) is 43.7 Å². The molecule has 5 nitrogen and oxygen atoms in total. The van der Waals surface area contributed by atoms with Gasteiger partial charge in [0, 0.05) is 28.9 Å². The average molecular weight is 435 g/mol. The fourth-order valence-corrected chi connectivity index (χ4v) is 4.63. The summed E-state index contributed by atoms with van der Waals surface area (Å²) in [7, 11) is 0. The fourth-order valence-electron chi connectivity index (χ4n) is 3.58. The molecule has 0 fully saturated rings. The highest BCUT2D eigenvalue weighted by atomic mass is 35.5. The van der Waals surface area contributed by atoms with Gasteiger partial charge in [0.05, 0.1) is 12.6 Å². The maximum atomic E-state index is 13.2. The molecule has 0 spiro atoms. The van der Waals surface area contributed by atoms with Gasteiger partial charge < -0.3 is 14.5 Å². The molecule has 29 heavy (non-hydrogen) atoms. The summed E-state index contributed by atoms with van der Waals surface area (Å²) in [4.78, 5) is 30.3. The zero-order valence-corrected chi connectivity index (χ0v) is 18.6. The zero-order chi connectivity index (χ0) is 21.0. The lowest BCUT2D eigenvalue weighted by Crippen LogP contribution is -2.49. The predicted octanol–water partition coefficient (Wildman–Crippen LogP) is 4.55. The maximum absolute atomic E-state index is 13.2. The minimum Gasteiger partial charge on any atom is -0.491 e. The fraction of sp³-hybridized carbons (Fsp3) is 0.455. The van der Waals surface area contributed by atoms with Crippen LogP contribution in [0.15, 0.2) is 35.7 Å². The highest BCUT2D eigenvalue weighted by molar-refractivity contribution is 7.10. The molecule has 0 saturated carbocycles. The Morgan fingerprint density at radius 2 is 2.00 bits per heavy atom. The monoisotopic (exact) mass is 434 g/mol. The highest BCUT2D eigenvalue weighted by Gasteiger charge is 2.33. The number of halogens is 1. The van der Waals surface area contributed by atoms with E-state index in [4.69, 9.17) is 16.3 Å². The van der Waals surface area contributed by atoms with Crippen LogP contribution in [0.2, 0.25) is 5.02 Å². The highest BCUT2D eigenvalue weighted by Crippen LogP contribution is 2.34. The van der Waals surface area contributed by atoms with Crippen molar-refractivity contribution >= 4 is 34.8 Å². The van der Waals surface area contributed by atoms with Crippen LogP contribution in [0, 0.1) is 0 Å². The van der Waals surface area contributed by atoms with Crippen molar-refractivity contribution < 1.29 is 14.3 Å². The van der Waals surface area contributed by atoms with Gasteiger partial charge in [0.15, 0.2) is 0 Å². The first-order valence-corrected chi connectivity index (χ1v) is 11.2. The Kier molecular flexibility index (Phi) is 7.19. The second-order valence-corrected chi connectivity index (χ2v) is 8.82. The third-order valence-corrected chi connectivity index (χ3v) is 6.44. The number of hydrogen-bond acceptors (Lipinski definition) is 4. The van der Waals surface area contributed by atoms with Crippen LogP contribution >= 0.6 is 22.9 Å². The van der Waals surface area contributed by atoms with Gasteiger partial charge in [-0.25, -0.2) is 0 Å². The summed E-state index contributed by atoms with van der Waals surface area (Å²) in [5.74, 6) is 0.673. The molecule has 1 aromatic carbocycles. The van der Waals surface area contributed by atoms with E-state index in [0.29, 0.717) is 30.3 Å². The van der Waals surface area contributed by atoms with E-state index in [2.05, 4.69) is 11.4 Å². The molecule has 0 saturated heterocycles. The smallest absolute Gasteiger partial charge is 0.242 e. The van der Waals surface area contributed by atoms with E-state index in [1.165, 1.54) is 4.88 Å². The topological polar surface area (TPSA) is 49.9 Å². The number of fused-ring (bicyclic) bond motifs is 1. The number of nitrogens with zero attached hydrogens (tertiary/aromatic N) is 2. The van der Waals surface area contributed by atoms with Gasteiger partial charge in [0.2, 0.25) is 11.8 Å². The third kappa shape index (κ3) is 5.11. The summed E-state index contributed by atoms with van der Waals surface area (Å²) in [6.07, 6.45) is 1.23. The van der Waals surface area contributed by atoms with Gasteiger partial charge in [0.25, 0.3) is 0 Å². The van der Waals surface area contributed by atoms with E-state index in [9.17, 15) is 9.59 Å². The van der Waals surface area contributed by atoms with Crippen LogP contribution in [0.25, 0.3) is 0 Å². The van der Waals surface area contributed by atoms with Crippen molar-refractivity contribution in [2.24, 2.45) is 0 Å². The Bertz CT molecular complexity index is 850. The average Bonchev–Trinajstić information content (AvgIpc) is 3.19. The van der Waals surface area contributed by atoms with Gasteiger partial charge in [-0.2, -0.15) is 0 Å². The molecule has 0 aliphatic carbocycles. The number of benzene rings is 1. The van der Waals surface area contributed by atoms with Crippen LogP contribution in [-0.2, 0) is 16.0 Å². The number of carbonyl (C=O) groups is 2. The molecule has 0 N–H and O–H groups in total. The van der Waals surface area contributed by atoms with E-state index >= 15 is 0 Å². The van der Waals surface area contributed by atoms with Gasteiger partial charge >= 0.3 is 0 Å². The second kappa shape index (κ2) is 9.63. The molecular formula is C22H27ClN2O3S. The van der Waals surface area contributed by atoms with Gasteiger partial charge in [-0.15, -0.1) is 11.3 Å². The van der Waals surface area contributed by atoms with E-state index in [-0.39, 0.29) is 30.4 Å². The summed E-state index contributed by atoms with van der Waals surface area (Å²) >= 11 is 7.67. The van der Waals surface area contributed by atoms with Crippen molar-refractivity contribution in [2.45, 2.75) is 45.7 Å². The largest absolute Gasteiger partial charge is 0.491 e. The Labute approximate surface area is 181 Å². The third-order valence-electron chi connectivity index (χ3n) is 5.19. The van der Waals surface area contributed by atoms with E-state index < -0.39 is 0 Å². The summed E-state index contributed by atoms with van der Waals surface area (Å²) in [6, 6.07) is 9.11. The molecule has 1 aliphatic heterocycles. The quantitative estimate of drug-likeness (QED) is 0.642. The Hall–Kier alpha value is -2.05. The van der Waals surface area contributed by atoms with E-state index in [1.807, 2.05) is 37.8 Å². The molecule has 2 amide bonds. The molecule has 1 atom stereocenters. The summed E-state index contributed by atoms with van der Waals surface area (Å²) in [5, 5.41) is 2.72. The maximum Gasteiger partial charge on any atom is 0.242 e. The number of thiophene rings is 1. The molecule has 156 valence electrons. The van der Waals surface area contributed by atoms with Gasteiger partial charge in [-0.3, -0.25) is 9.59 Å². The molecule has 1 aliphatic rings. The number of rotatable bonds is 7. The van der Waals surface area contributed by atoms with Crippen molar-refractivity contribution in [3.05, 3.63) is 51.2 Å². The molecule has 7 heteroatoms. The lowest BCUT2D eigenvalue weighted by atomic mass is 10.00. The summed E-state index contributed by atoms with van der Waals surface area (Å²) in [5.41, 5.74) is 1.14. The first-order chi connectivity index (χ1) is 13.9. The molecule has 3 rings (SSSR count). The molecule has 2 heterocycles. The zero-order valence-electron chi connectivity index (χ0n) is 17.1. The van der Waals surface area contributed by atoms with Crippen LogP contribution in [0.5, 0.6) is 5.75 Å². The van der Waals surface area contributed by atoms with Crippen LogP contribution in [0.3, 0.4) is 0 Å². The summed E-state index contributed by atoms with van der Waals surface area (Å²) < 4.78 is 6.00. The number of carbonyl (C=O) groups excluding carboxylic acids is 2. The molecule has 0 radical (unpaired) electrons. The summed E-state index contributed by atoms with van der Waals surface area (Å²) in [6.45, 7) is 6.79. The minimum absolute atomic E-state index is 0.00412. The Morgan fingerprint density at radius 1 is 1.28 bits per heavy atom. The van der Waals surface area contributed by atoms with Gasteiger partial charge in [-0.1, -0.05) is 18.5 Å². The van der Waals surface area contributed by atoms with Crippen molar-refractivity contribution in [3.63, 3.8) is 0 Å². The van der Waals surface area contributed by atoms with Crippen LogP contribution in [0.4, 0.5) is 0 Å². The first-order valence-electron chi connectivity index (χ1n) is 9.94. The van der Waals surface area contributed by atoms with E-state index in [0.717, 1.165) is 12.0 Å². The predicted molar refractivity (Wildman–Crippen MR) is 117 cm³/mol. The molecule has 0 bridgehead atoms. The molecular weight excluding hydrogens is 408 g/mol. The van der Waals surface area contributed by atoms with Crippen molar-refractivity contribution in [2.75, 3.05) is 19.7 Å². The number of amides is 2. The van der Waals surface area contributed by atoms with Gasteiger partial charge in [0.1, 0.15) is 12.4 Å². The normalized spacial score (nSPS) is 15.9. The molecule has 1 aromatic heterocycles. The molecule has 1 unspecified atom stereocenters.